The van der Waals surface area contributed by atoms with E-state index in [2.05, 4.69) is 23.0 Å². The molecular weight excluding hydrogens is 276 g/mol. The summed E-state index contributed by atoms with van der Waals surface area (Å²) < 4.78 is 24.2. The molecule has 1 aromatic heterocycles. The van der Waals surface area contributed by atoms with Crippen molar-refractivity contribution in [1.29, 1.82) is 0 Å². The summed E-state index contributed by atoms with van der Waals surface area (Å²) in [6, 6.07) is 2.08. The van der Waals surface area contributed by atoms with E-state index in [-0.39, 0.29) is 11.7 Å². The molecule has 6 nitrogen and oxygen atoms in total. The monoisotopic (exact) mass is 300 g/mol. The smallest absolute Gasteiger partial charge is 0.209 e. The van der Waals surface area contributed by atoms with Crippen molar-refractivity contribution >= 4 is 10.0 Å². The Bertz CT molecular complexity index is 545. The molecule has 1 saturated heterocycles. The van der Waals surface area contributed by atoms with Gasteiger partial charge >= 0.3 is 0 Å². The molecule has 1 aromatic rings. The number of piperidine rings is 1. The van der Waals surface area contributed by atoms with Crippen LogP contribution in [0.2, 0.25) is 0 Å². The van der Waals surface area contributed by atoms with Gasteiger partial charge in [-0.15, -0.1) is 0 Å². The van der Waals surface area contributed by atoms with Gasteiger partial charge in [0.15, 0.2) is 0 Å². The summed E-state index contributed by atoms with van der Waals surface area (Å²) in [7, 11) is -3.33. The average Bonchev–Trinajstić information content (AvgIpc) is 2.65. The Kier molecular flexibility index (Phi) is 4.82. The van der Waals surface area contributed by atoms with Crippen molar-refractivity contribution in [2.75, 3.05) is 25.4 Å². The molecule has 0 atom stereocenters. The number of sulfonamides is 1. The summed E-state index contributed by atoms with van der Waals surface area (Å²) >= 11 is 0. The van der Waals surface area contributed by atoms with Crippen LogP contribution in [0.3, 0.4) is 0 Å². The second kappa shape index (κ2) is 6.24. The quantitative estimate of drug-likeness (QED) is 0.858. The first kappa shape index (κ1) is 15.5. The number of primary sulfonamides is 1. The molecule has 1 fully saturated rings. The van der Waals surface area contributed by atoms with E-state index in [9.17, 15) is 8.42 Å². The lowest BCUT2D eigenvalue weighted by atomic mass is 9.99. The Morgan fingerprint density at radius 2 is 1.95 bits per heavy atom. The summed E-state index contributed by atoms with van der Waals surface area (Å²) in [5.74, 6) is 0.341. The Morgan fingerprint density at radius 1 is 1.30 bits per heavy atom. The van der Waals surface area contributed by atoms with Gasteiger partial charge in [0.2, 0.25) is 10.0 Å². The van der Waals surface area contributed by atoms with E-state index in [1.807, 2.05) is 11.6 Å². The van der Waals surface area contributed by atoms with Crippen molar-refractivity contribution in [3.8, 4) is 0 Å². The fourth-order valence-electron chi connectivity index (χ4n) is 2.84. The van der Waals surface area contributed by atoms with Crippen molar-refractivity contribution in [3.63, 3.8) is 0 Å². The maximum Gasteiger partial charge on any atom is 0.209 e. The third-order valence-corrected chi connectivity index (χ3v) is 4.84. The lowest BCUT2D eigenvalue weighted by Gasteiger charge is -2.31. The van der Waals surface area contributed by atoms with Crippen LogP contribution in [0.15, 0.2) is 6.07 Å². The van der Waals surface area contributed by atoms with Gasteiger partial charge in [0.1, 0.15) is 0 Å². The Hall–Kier alpha value is -0.920. The first-order chi connectivity index (χ1) is 9.33. The topological polar surface area (TPSA) is 81.2 Å². The molecule has 0 aromatic carbocycles. The van der Waals surface area contributed by atoms with Crippen molar-refractivity contribution in [2.45, 2.75) is 33.2 Å². The zero-order valence-corrected chi connectivity index (χ0v) is 13.1. The second-order valence-corrected chi connectivity index (χ2v) is 7.42. The zero-order chi connectivity index (χ0) is 14.8. The van der Waals surface area contributed by atoms with Crippen molar-refractivity contribution in [2.24, 2.45) is 11.1 Å². The van der Waals surface area contributed by atoms with Gasteiger partial charge in [-0.3, -0.25) is 4.68 Å². The van der Waals surface area contributed by atoms with Crippen LogP contribution in [0, 0.1) is 19.8 Å². The highest BCUT2D eigenvalue weighted by Crippen LogP contribution is 2.18. The Balaban J connectivity index is 1.76. The summed E-state index contributed by atoms with van der Waals surface area (Å²) in [5, 5.41) is 9.55. The van der Waals surface area contributed by atoms with E-state index >= 15 is 0 Å². The summed E-state index contributed by atoms with van der Waals surface area (Å²) in [6.07, 6.45) is 1.82. The predicted molar refractivity (Wildman–Crippen MR) is 78.8 cm³/mol. The van der Waals surface area contributed by atoms with E-state index in [0.29, 0.717) is 0 Å². The molecular formula is C13H24N4O2S. The van der Waals surface area contributed by atoms with Crippen molar-refractivity contribution in [3.05, 3.63) is 17.5 Å². The van der Waals surface area contributed by atoms with Gasteiger partial charge in [-0.1, -0.05) is 0 Å². The number of rotatable bonds is 5. The van der Waals surface area contributed by atoms with Gasteiger partial charge in [0.25, 0.3) is 0 Å². The molecule has 2 rings (SSSR count). The third kappa shape index (κ3) is 4.57. The number of hydrogen-bond acceptors (Lipinski definition) is 4. The van der Waals surface area contributed by atoms with Gasteiger partial charge in [-0.05, 0) is 51.8 Å². The number of hydrogen-bond donors (Lipinski definition) is 1. The molecule has 114 valence electrons. The van der Waals surface area contributed by atoms with E-state index < -0.39 is 10.0 Å². The van der Waals surface area contributed by atoms with Crippen molar-refractivity contribution < 1.29 is 8.42 Å². The van der Waals surface area contributed by atoms with Crippen LogP contribution in [-0.4, -0.2) is 48.5 Å². The zero-order valence-electron chi connectivity index (χ0n) is 12.2. The van der Waals surface area contributed by atoms with Crippen molar-refractivity contribution in [1.82, 2.24) is 14.7 Å². The van der Waals surface area contributed by atoms with Crippen LogP contribution in [0.1, 0.15) is 24.2 Å². The molecule has 0 unspecified atom stereocenters. The molecule has 20 heavy (non-hydrogen) atoms. The maximum atomic E-state index is 11.1. The summed E-state index contributed by atoms with van der Waals surface area (Å²) in [6.45, 7) is 7.81. The Labute approximate surface area is 121 Å². The SMILES string of the molecule is Cc1cc(C)n(CCN2CCC(CS(N)(=O)=O)CC2)n1. The lowest BCUT2D eigenvalue weighted by molar-refractivity contribution is 0.185. The number of nitrogens with zero attached hydrogens (tertiary/aromatic N) is 3. The largest absolute Gasteiger partial charge is 0.301 e. The molecule has 0 bridgehead atoms. The van der Waals surface area contributed by atoms with Gasteiger partial charge < -0.3 is 4.90 Å². The van der Waals surface area contributed by atoms with E-state index in [0.717, 1.165) is 44.7 Å². The van der Waals surface area contributed by atoms with Crippen LogP contribution < -0.4 is 5.14 Å². The van der Waals surface area contributed by atoms with E-state index in [1.54, 1.807) is 0 Å². The normalized spacial score (nSPS) is 18.6. The number of nitrogens with two attached hydrogens (primary N) is 1. The highest BCUT2D eigenvalue weighted by atomic mass is 32.2. The third-order valence-electron chi connectivity index (χ3n) is 3.91. The van der Waals surface area contributed by atoms with E-state index in [1.165, 1.54) is 5.69 Å². The van der Waals surface area contributed by atoms with Crippen LogP contribution in [0.25, 0.3) is 0 Å². The van der Waals surface area contributed by atoms with Crippen LogP contribution in [0.4, 0.5) is 0 Å². The lowest BCUT2D eigenvalue weighted by Crippen LogP contribution is -2.38. The summed E-state index contributed by atoms with van der Waals surface area (Å²) in [4.78, 5) is 2.37. The molecule has 2 heterocycles. The van der Waals surface area contributed by atoms with E-state index in [4.69, 9.17) is 5.14 Å². The molecule has 1 aliphatic rings. The minimum absolute atomic E-state index is 0.123. The molecule has 0 radical (unpaired) electrons. The molecule has 0 saturated carbocycles. The fourth-order valence-corrected chi connectivity index (χ4v) is 3.83. The first-order valence-electron chi connectivity index (χ1n) is 7.07. The number of likely N-dealkylation sites (tertiary alicyclic amines) is 1. The highest BCUT2D eigenvalue weighted by molar-refractivity contribution is 7.89. The minimum Gasteiger partial charge on any atom is -0.301 e. The molecule has 2 N–H and O–H groups in total. The highest BCUT2D eigenvalue weighted by Gasteiger charge is 2.22. The standard InChI is InChI=1S/C13H24N4O2S/c1-11-9-12(2)17(15-11)8-7-16-5-3-13(4-6-16)10-20(14,18)19/h9,13H,3-8,10H2,1-2H3,(H2,14,18,19). The predicted octanol–water partition coefficient (Wildman–Crippen LogP) is 0.500. The Morgan fingerprint density at radius 3 is 2.45 bits per heavy atom. The molecule has 1 aliphatic heterocycles. The number of aromatic nitrogens is 2. The number of aryl methyl sites for hydroxylation is 2. The van der Waals surface area contributed by atoms with Crippen LogP contribution >= 0.6 is 0 Å². The van der Waals surface area contributed by atoms with Gasteiger partial charge in [-0.25, -0.2) is 13.6 Å². The van der Waals surface area contributed by atoms with Crippen LogP contribution in [-0.2, 0) is 16.6 Å². The molecule has 0 aliphatic carbocycles. The van der Waals surface area contributed by atoms with Gasteiger partial charge in [-0.2, -0.15) is 5.10 Å². The molecule has 0 amide bonds. The van der Waals surface area contributed by atoms with Crippen LogP contribution in [0.5, 0.6) is 0 Å². The second-order valence-electron chi connectivity index (χ2n) is 5.76. The minimum atomic E-state index is -3.33. The molecule has 7 heteroatoms. The fraction of sp³-hybridized carbons (Fsp3) is 0.769. The van der Waals surface area contributed by atoms with Gasteiger partial charge in [0, 0.05) is 12.2 Å². The average molecular weight is 300 g/mol. The summed E-state index contributed by atoms with van der Waals surface area (Å²) in [5.41, 5.74) is 2.24. The van der Waals surface area contributed by atoms with Gasteiger partial charge in [0.05, 0.1) is 18.0 Å². The maximum absolute atomic E-state index is 11.1. The molecule has 0 spiro atoms. The first-order valence-corrected chi connectivity index (χ1v) is 8.79.